The minimum Gasteiger partial charge on any atom is -0.385 e. The SMILES string of the molecule is CC.CCCC1=NC(CC)(CCOC)C(=O)N1Cc1ccc(-c2ccccc2SN(O)c2noc(C)c2C)c(COCC)c1. The molecule has 1 atom stereocenters. The summed E-state index contributed by atoms with van der Waals surface area (Å²) in [5.41, 5.74) is 3.97. The van der Waals surface area contributed by atoms with Gasteiger partial charge in [0.2, 0.25) is 5.82 Å². The van der Waals surface area contributed by atoms with E-state index in [-0.39, 0.29) is 5.91 Å². The van der Waals surface area contributed by atoms with Gasteiger partial charge < -0.3 is 14.0 Å². The molecule has 0 saturated carbocycles. The van der Waals surface area contributed by atoms with Crippen molar-refractivity contribution in [1.29, 1.82) is 0 Å². The van der Waals surface area contributed by atoms with Crippen molar-refractivity contribution in [2.75, 3.05) is 24.8 Å². The van der Waals surface area contributed by atoms with Crippen molar-refractivity contribution >= 4 is 29.5 Å². The number of carbonyl (C=O) groups excluding carboxylic acids is 1. The number of aromatic nitrogens is 1. The third-order valence-corrected chi connectivity index (χ3v) is 8.62. The molecule has 44 heavy (non-hydrogen) atoms. The third-order valence-electron chi connectivity index (χ3n) is 7.72. The molecule has 1 aliphatic heterocycles. The highest BCUT2D eigenvalue weighted by molar-refractivity contribution is 8.00. The van der Waals surface area contributed by atoms with E-state index in [1.165, 1.54) is 11.9 Å². The lowest BCUT2D eigenvalue weighted by Gasteiger charge is -2.25. The number of amides is 1. The molecule has 9 nitrogen and oxygen atoms in total. The first kappa shape index (κ1) is 35.3. The van der Waals surface area contributed by atoms with Crippen molar-refractivity contribution in [3.63, 3.8) is 0 Å². The topological polar surface area (TPSA) is 101 Å². The maximum absolute atomic E-state index is 13.8. The molecular formula is C34H48N4O5S. The van der Waals surface area contributed by atoms with Gasteiger partial charge in [0, 0.05) is 55.6 Å². The summed E-state index contributed by atoms with van der Waals surface area (Å²) in [4.78, 5) is 21.5. The number of aliphatic imine (C=N–C) groups is 1. The summed E-state index contributed by atoms with van der Waals surface area (Å²) in [7, 11) is 1.66. The van der Waals surface area contributed by atoms with Crippen molar-refractivity contribution in [2.24, 2.45) is 4.99 Å². The third kappa shape index (κ3) is 7.90. The lowest BCUT2D eigenvalue weighted by molar-refractivity contribution is -0.132. The van der Waals surface area contributed by atoms with Crippen LogP contribution in [0, 0.1) is 13.8 Å². The number of aryl methyl sites for hydroxylation is 1. The molecule has 1 aromatic heterocycles. The predicted molar refractivity (Wildman–Crippen MR) is 177 cm³/mol. The van der Waals surface area contributed by atoms with E-state index in [1.807, 2.05) is 70.7 Å². The molecular weight excluding hydrogens is 576 g/mol. The highest BCUT2D eigenvalue weighted by atomic mass is 32.2. The Morgan fingerprint density at radius 2 is 1.84 bits per heavy atom. The molecule has 4 rings (SSSR count). The van der Waals surface area contributed by atoms with Gasteiger partial charge in [0.15, 0.2) is 0 Å². The Morgan fingerprint density at radius 1 is 1.09 bits per heavy atom. The van der Waals surface area contributed by atoms with Gasteiger partial charge in [0.25, 0.3) is 5.91 Å². The Bertz CT molecular complexity index is 1410. The molecule has 1 N–H and O–H groups in total. The molecule has 10 heteroatoms. The minimum absolute atomic E-state index is 0.0455. The average molecular weight is 625 g/mol. The molecule has 1 amide bonds. The number of ether oxygens (including phenoxy) is 2. The van der Waals surface area contributed by atoms with Crippen molar-refractivity contribution in [3.8, 4) is 11.1 Å². The first-order chi connectivity index (χ1) is 21.3. The minimum atomic E-state index is -0.762. The number of nitrogens with zero attached hydrogens (tertiary/aromatic N) is 4. The van der Waals surface area contributed by atoms with E-state index in [4.69, 9.17) is 19.0 Å². The Labute approximate surface area is 266 Å². The number of hydrogen-bond acceptors (Lipinski definition) is 9. The lowest BCUT2D eigenvalue weighted by Crippen LogP contribution is -2.42. The Morgan fingerprint density at radius 3 is 2.48 bits per heavy atom. The normalized spacial score (nSPS) is 16.2. The molecule has 0 aliphatic carbocycles. The fourth-order valence-electron chi connectivity index (χ4n) is 5.15. The van der Waals surface area contributed by atoms with Gasteiger partial charge in [-0.2, -0.15) is 4.47 Å². The van der Waals surface area contributed by atoms with Crippen LogP contribution in [0.3, 0.4) is 0 Å². The predicted octanol–water partition coefficient (Wildman–Crippen LogP) is 8.15. The Balaban J connectivity index is 0.00000259. The van der Waals surface area contributed by atoms with Gasteiger partial charge in [-0.25, -0.2) is 0 Å². The molecule has 0 radical (unpaired) electrons. The van der Waals surface area contributed by atoms with E-state index >= 15 is 0 Å². The number of hydrogen-bond donors (Lipinski definition) is 1. The van der Waals surface area contributed by atoms with Gasteiger partial charge in [0.1, 0.15) is 17.1 Å². The van der Waals surface area contributed by atoms with Gasteiger partial charge in [-0.1, -0.05) is 69.2 Å². The van der Waals surface area contributed by atoms with E-state index in [0.717, 1.165) is 55.9 Å². The maximum Gasteiger partial charge on any atom is 0.256 e. The van der Waals surface area contributed by atoms with Crippen LogP contribution in [0.1, 0.15) is 82.8 Å². The number of methoxy groups -OCH3 is 1. The van der Waals surface area contributed by atoms with Crippen molar-refractivity contribution in [2.45, 2.75) is 97.7 Å². The average Bonchev–Trinajstić information content (AvgIpc) is 3.51. The lowest BCUT2D eigenvalue weighted by atomic mass is 9.92. The van der Waals surface area contributed by atoms with Gasteiger partial charge in [-0.3, -0.25) is 19.9 Å². The summed E-state index contributed by atoms with van der Waals surface area (Å²) in [5, 5.41) is 14.9. The Kier molecular flexibility index (Phi) is 13.5. The summed E-state index contributed by atoms with van der Waals surface area (Å²) < 4.78 is 17.5. The number of rotatable bonds is 15. The second-order valence-electron chi connectivity index (χ2n) is 10.5. The van der Waals surface area contributed by atoms with Crippen LogP contribution in [-0.2, 0) is 27.4 Å². The summed E-state index contributed by atoms with van der Waals surface area (Å²) in [5.74, 6) is 1.92. The zero-order valence-electron chi connectivity index (χ0n) is 27.5. The van der Waals surface area contributed by atoms with Crippen LogP contribution in [-0.4, -0.2) is 52.9 Å². The van der Waals surface area contributed by atoms with Crippen molar-refractivity contribution in [1.82, 2.24) is 10.1 Å². The fraction of sp³-hybridized carbons (Fsp3) is 0.500. The second kappa shape index (κ2) is 16.8. The number of benzene rings is 2. The number of amidine groups is 1. The van der Waals surface area contributed by atoms with Crippen LogP contribution in [0.2, 0.25) is 0 Å². The summed E-state index contributed by atoms with van der Waals surface area (Å²) >= 11 is 1.17. The second-order valence-corrected chi connectivity index (χ2v) is 11.4. The van der Waals surface area contributed by atoms with Crippen molar-refractivity contribution < 1.29 is 24.0 Å². The molecule has 0 spiro atoms. The maximum atomic E-state index is 13.8. The number of carbonyl (C=O) groups is 1. The van der Waals surface area contributed by atoms with Crippen LogP contribution in [0.25, 0.3) is 11.1 Å². The smallest absolute Gasteiger partial charge is 0.256 e. The Hall–Kier alpha value is -3.18. The molecule has 0 saturated heterocycles. The highest BCUT2D eigenvalue weighted by Gasteiger charge is 2.46. The molecule has 1 unspecified atom stereocenters. The summed E-state index contributed by atoms with van der Waals surface area (Å²) in [6, 6.07) is 14.2. The molecule has 1 aliphatic rings. The quantitative estimate of drug-likeness (QED) is 0.134. The van der Waals surface area contributed by atoms with E-state index in [1.54, 1.807) is 7.11 Å². The molecule has 0 bridgehead atoms. The van der Waals surface area contributed by atoms with E-state index in [0.29, 0.717) is 50.8 Å². The first-order valence-electron chi connectivity index (χ1n) is 15.6. The molecule has 2 aromatic carbocycles. The summed E-state index contributed by atoms with van der Waals surface area (Å²) in [6.45, 7) is 15.7. The summed E-state index contributed by atoms with van der Waals surface area (Å²) in [6.07, 6.45) is 2.86. The van der Waals surface area contributed by atoms with Crippen molar-refractivity contribution in [3.05, 3.63) is 64.9 Å². The standard InChI is InChI=1S/C32H42N4O5S.C2H6/c1-7-12-29-33-32(8-2,17-18-39-6)31(37)35(29)20-24-15-16-26(25(19-24)21-40-9-3)27-13-10-11-14-28(27)42-36(38)30-22(4)23(5)41-34-30;1-2/h10-11,13-16,19,38H,7-9,12,17-18,20-21H2,1-6H3;1-2H3. The zero-order valence-corrected chi connectivity index (χ0v) is 28.3. The fourth-order valence-corrected chi connectivity index (χ4v) is 6.01. The van der Waals surface area contributed by atoms with Gasteiger partial charge in [-0.05, 0) is 61.9 Å². The van der Waals surface area contributed by atoms with E-state index < -0.39 is 5.54 Å². The largest absolute Gasteiger partial charge is 0.385 e. The molecule has 0 fully saturated rings. The first-order valence-corrected chi connectivity index (χ1v) is 16.3. The van der Waals surface area contributed by atoms with Crippen LogP contribution < -0.4 is 4.47 Å². The number of anilines is 1. The van der Waals surface area contributed by atoms with Gasteiger partial charge in [-0.15, -0.1) is 0 Å². The zero-order chi connectivity index (χ0) is 32.3. The van der Waals surface area contributed by atoms with Crippen LogP contribution in [0.5, 0.6) is 0 Å². The van der Waals surface area contributed by atoms with E-state index in [2.05, 4.69) is 30.3 Å². The molecule has 240 valence electrons. The van der Waals surface area contributed by atoms with Crippen LogP contribution >= 0.6 is 11.9 Å². The van der Waals surface area contributed by atoms with Gasteiger partial charge in [0.05, 0.1) is 13.2 Å². The molecule has 2 heterocycles. The monoisotopic (exact) mass is 624 g/mol. The van der Waals surface area contributed by atoms with Crippen LogP contribution in [0.4, 0.5) is 5.82 Å². The van der Waals surface area contributed by atoms with Gasteiger partial charge >= 0.3 is 0 Å². The van der Waals surface area contributed by atoms with E-state index in [9.17, 15) is 10.0 Å². The highest BCUT2D eigenvalue weighted by Crippen LogP contribution is 2.38. The van der Waals surface area contributed by atoms with Crippen LogP contribution in [0.15, 0.2) is 56.9 Å². The molecule has 3 aromatic rings.